The molecular formula is C19H19F3N4O2. The second-order valence-electron chi connectivity index (χ2n) is 6.66. The maximum Gasteiger partial charge on any atom is 0.433 e. The molecule has 0 spiro atoms. The van der Waals surface area contributed by atoms with E-state index in [9.17, 15) is 18.0 Å². The molecule has 0 radical (unpaired) electrons. The summed E-state index contributed by atoms with van der Waals surface area (Å²) in [5.41, 5.74) is -0.579. The molecule has 0 fully saturated rings. The summed E-state index contributed by atoms with van der Waals surface area (Å²) in [6, 6.07) is 8.66. The number of fused-ring (bicyclic) bond motifs is 1. The summed E-state index contributed by atoms with van der Waals surface area (Å²) in [7, 11) is 1.50. The van der Waals surface area contributed by atoms with Crippen LogP contribution in [-0.4, -0.2) is 34.2 Å². The van der Waals surface area contributed by atoms with Gasteiger partial charge in [0.15, 0.2) is 17.0 Å². The van der Waals surface area contributed by atoms with Gasteiger partial charge in [0.05, 0.1) is 12.8 Å². The van der Waals surface area contributed by atoms with E-state index in [0.717, 1.165) is 6.07 Å². The quantitative estimate of drug-likeness (QED) is 0.717. The molecule has 3 rings (SSSR count). The van der Waals surface area contributed by atoms with E-state index in [4.69, 9.17) is 4.74 Å². The van der Waals surface area contributed by atoms with E-state index < -0.39 is 17.8 Å². The Hall–Kier alpha value is -3.10. The van der Waals surface area contributed by atoms with Gasteiger partial charge >= 0.3 is 6.18 Å². The van der Waals surface area contributed by atoms with Crippen molar-refractivity contribution in [2.24, 2.45) is 5.92 Å². The van der Waals surface area contributed by atoms with Crippen molar-refractivity contribution in [3.05, 3.63) is 47.8 Å². The first-order chi connectivity index (χ1) is 13.2. The number of amides is 1. The Morgan fingerprint density at radius 1 is 1.21 bits per heavy atom. The Morgan fingerprint density at radius 2 is 1.89 bits per heavy atom. The average Bonchev–Trinajstić information content (AvgIpc) is 3.08. The van der Waals surface area contributed by atoms with Crippen molar-refractivity contribution in [2.75, 3.05) is 13.7 Å². The summed E-state index contributed by atoms with van der Waals surface area (Å²) in [5.74, 6) is 0.235. The van der Waals surface area contributed by atoms with E-state index in [1.165, 1.54) is 13.2 Å². The minimum absolute atomic E-state index is 0.0599. The number of hydrogen-bond donors (Lipinski definition) is 1. The molecule has 1 amide bonds. The lowest BCUT2D eigenvalue weighted by atomic mass is 10.1. The first kappa shape index (κ1) is 19.7. The topological polar surface area (TPSA) is 68.5 Å². The first-order valence-corrected chi connectivity index (χ1v) is 8.59. The van der Waals surface area contributed by atoms with E-state index in [1.807, 2.05) is 13.8 Å². The van der Waals surface area contributed by atoms with Crippen molar-refractivity contribution < 1.29 is 22.7 Å². The van der Waals surface area contributed by atoms with E-state index in [1.54, 1.807) is 24.3 Å². The highest BCUT2D eigenvalue weighted by Crippen LogP contribution is 2.32. The standard InChI is InChI=1S/C19H19F3N4O2/c1-11(2)10-23-18(27)15-9-17-24-14(12-4-6-13(28-3)7-5-12)8-16(19(20,21)22)26(17)25-15/h4-9,11H,10H2,1-3H3,(H,23,27). The molecule has 3 aromatic rings. The van der Waals surface area contributed by atoms with Crippen molar-refractivity contribution in [3.8, 4) is 17.0 Å². The molecule has 0 atom stereocenters. The van der Waals surface area contributed by atoms with Gasteiger partial charge in [-0.25, -0.2) is 9.50 Å². The number of methoxy groups -OCH3 is 1. The molecule has 9 heteroatoms. The predicted octanol–water partition coefficient (Wildman–Crippen LogP) is 3.81. The van der Waals surface area contributed by atoms with Crippen LogP contribution in [0.3, 0.4) is 0 Å². The Balaban J connectivity index is 2.08. The molecule has 2 heterocycles. The molecule has 0 aliphatic rings. The van der Waals surface area contributed by atoms with Gasteiger partial charge in [0.2, 0.25) is 0 Å². The predicted molar refractivity (Wildman–Crippen MR) is 97.1 cm³/mol. The summed E-state index contributed by atoms with van der Waals surface area (Å²) in [6.45, 7) is 4.21. The molecule has 0 aliphatic heterocycles. The second kappa shape index (κ2) is 7.49. The Labute approximate surface area is 159 Å². The fourth-order valence-electron chi connectivity index (χ4n) is 2.58. The minimum Gasteiger partial charge on any atom is -0.497 e. The number of nitrogens with zero attached hydrogens (tertiary/aromatic N) is 3. The number of carbonyl (C=O) groups excluding carboxylic acids is 1. The smallest absolute Gasteiger partial charge is 0.433 e. The molecule has 2 aromatic heterocycles. The number of rotatable bonds is 5. The number of ether oxygens (including phenoxy) is 1. The lowest BCUT2D eigenvalue weighted by molar-refractivity contribution is -0.142. The third-order valence-electron chi connectivity index (χ3n) is 4.01. The largest absolute Gasteiger partial charge is 0.497 e. The van der Waals surface area contributed by atoms with Crippen LogP contribution in [0.15, 0.2) is 36.4 Å². The zero-order chi connectivity index (χ0) is 20.5. The highest BCUT2D eigenvalue weighted by Gasteiger charge is 2.35. The molecule has 1 N–H and O–H groups in total. The molecule has 6 nitrogen and oxygen atoms in total. The fraction of sp³-hybridized carbons (Fsp3) is 0.316. The van der Waals surface area contributed by atoms with Crippen molar-refractivity contribution >= 4 is 11.6 Å². The Bertz CT molecular complexity index is 995. The number of hydrogen-bond acceptors (Lipinski definition) is 4. The van der Waals surface area contributed by atoms with Crippen LogP contribution in [0.1, 0.15) is 30.0 Å². The van der Waals surface area contributed by atoms with Crippen LogP contribution in [0.5, 0.6) is 5.75 Å². The van der Waals surface area contributed by atoms with Gasteiger partial charge in [-0.05, 0) is 36.2 Å². The molecule has 0 aliphatic carbocycles. The zero-order valence-electron chi connectivity index (χ0n) is 15.5. The van der Waals surface area contributed by atoms with E-state index in [-0.39, 0.29) is 23.0 Å². The monoisotopic (exact) mass is 392 g/mol. The number of nitrogens with one attached hydrogen (secondary N) is 1. The molecule has 28 heavy (non-hydrogen) atoms. The maximum atomic E-state index is 13.6. The zero-order valence-corrected chi connectivity index (χ0v) is 15.5. The molecule has 0 saturated heterocycles. The Kier molecular flexibility index (Phi) is 5.26. The van der Waals surface area contributed by atoms with Crippen LogP contribution in [0, 0.1) is 5.92 Å². The van der Waals surface area contributed by atoms with Gasteiger partial charge in [0.1, 0.15) is 5.75 Å². The number of aromatic nitrogens is 3. The summed E-state index contributed by atoms with van der Waals surface area (Å²) in [5, 5.41) is 6.46. The van der Waals surface area contributed by atoms with Crippen LogP contribution >= 0.6 is 0 Å². The van der Waals surface area contributed by atoms with Gasteiger partial charge < -0.3 is 10.1 Å². The lowest BCUT2D eigenvalue weighted by Crippen LogP contribution is -2.27. The summed E-state index contributed by atoms with van der Waals surface area (Å²) < 4.78 is 46.5. The summed E-state index contributed by atoms with van der Waals surface area (Å²) in [6.07, 6.45) is -4.67. The van der Waals surface area contributed by atoms with Gasteiger partial charge in [-0.15, -0.1) is 0 Å². The number of halogens is 3. The van der Waals surface area contributed by atoms with Crippen molar-refractivity contribution in [1.82, 2.24) is 19.9 Å². The SMILES string of the molecule is COc1ccc(-c2cc(C(F)(F)F)n3nc(C(=O)NCC(C)C)cc3n2)cc1. The van der Waals surface area contributed by atoms with Gasteiger partial charge in [-0.1, -0.05) is 13.8 Å². The van der Waals surface area contributed by atoms with Crippen molar-refractivity contribution in [2.45, 2.75) is 20.0 Å². The average molecular weight is 392 g/mol. The van der Waals surface area contributed by atoms with Crippen LogP contribution < -0.4 is 10.1 Å². The third-order valence-corrected chi connectivity index (χ3v) is 4.01. The number of benzene rings is 1. The summed E-state index contributed by atoms with van der Waals surface area (Å²) >= 11 is 0. The molecule has 0 saturated carbocycles. The van der Waals surface area contributed by atoms with E-state index in [0.29, 0.717) is 22.4 Å². The highest BCUT2D eigenvalue weighted by atomic mass is 19.4. The normalized spacial score (nSPS) is 11.8. The minimum atomic E-state index is -4.67. The Morgan fingerprint density at radius 3 is 2.46 bits per heavy atom. The van der Waals surface area contributed by atoms with E-state index in [2.05, 4.69) is 15.4 Å². The van der Waals surface area contributed by atoms with Crippen LogP contribution in [-0.2, 0) is 6.18 Å². The van der Waals surface area contributed by atoms with Gasteiger partial charge in [-0.2, -0.15) is 18.3 Å². The number of alkyl halides is 3. The molecule has 148 valence electrons. The maximum absolute atomic E-state index is 13.6. The van der Waals surface area contributed by atoms with Gasteiger partial charge in [-0.3, -0.25) is 4.79 Å². The molecular weight excluding hydrogens is 373 g/mol. The third kappa shape index (κ3) is 4.08. The highest BCUT2D eigenvalue weighted by molar-refractivity contribution is 5.93. The van der Waals surface area contributed by atoms with Crippen molar-refractivity contribution in [1.29, 1.82) is 0 Å². The summed E-state index contributed by atoms with van der Waals surface area (Å²) in [4.78, 5) is 16.4. The second-order valence-corrected chi connectivity index (χ2v) is 6.66. The number of carbonyl (C=O) groups is 1. The first-order valence-electron chi connectivity index (χ1n) is 8.59. The fourth-order valence-corrected chi connectivity index (χ4v) is 2.58. The van der Waals surface area contributed by atoms with Crippen LogP contribution in [0.25, 0.3) is 16.9 Å². The molecule has 0 unspecified atom stereocenters. The van der Waals surface area contributed by atoms with Crippen molar-refractivity contribution in [3.63, 3.8) is 0 Å². The van der Waals surface area contributed by atoms with Crippen LogP contribution in [0.2, 0.25) is 0 Å². The van der Waals surface area contributed by atoms with Crippen LogP contribution in [0.4, 0.5) is 13.2 Å². The lowest BCUT2D eigenvalue weighted by Gasteiger charge is -2.11. The van der Waals surface area contributed by atoms with Gasteiger partial charge in [0, 0.05) is 18.2 Å². The molecule has 1 aromatic carbocycles. The van der Waals surface area contributed by atoms with E-state index >= 15 is 0 Å². The molecule has 0 bridgehead atoms. The van der Waals surface area contributed by atoms with Gasteiger partial charge in [0.25, 0.3) is 5.91 Å².